The highest BCUT2D eigenvalue weighted by Crippen LogP contribution is 2.82. The summed E-state index contributed by atoms with van der Waals surface area (Å²) in [7, 11) is -29.6. The quantitative estimate of drug-likeness (QED) is 0.348. The zero-order valence-electron chi connectivity index (χ0n) is 10.4. The van der Waals surface area contributed by atoms with E-state index in [1.165, 1.54) is 0 Å². The van der Waals surface area contributed by atoms with Gasteiger partial charge in [0.2, 0.25) is 0 Å². The van der Waals surface area contributed by atoms with Gasteiger partial charge in [-0.15, -0.1) is 21.9 Å². The Morgan fingerprint density at radius 1 is 0.818 bits per heavy atom. The standard InChI is InChI=1S/C2H7F8N5O2P5/c1-16-21(9)13-19(5,6)11-18(3,4)12-20(7,8)14-22(10,15-21)17-2/h11H,1-2H3/q+1. The Morgan fingerprint density at radius 2 is 1.27 bits per heavy atom. The molecule has 1 N–H and O–H groups in total. The molecule has 0 bridgehead atoms. The Hall–Kier alpha value is 0.670. The van der Waals surface area contributed by atoms with E-state index in [9.17, 15) is 33.6 Å². The smallest absolute Gasteiger partial charge is 0.306 e. The zero-order valence-corrected chi connectivity index (χ0v) is 14.8. The van der Waals surface area contributed by atoms with Crippen molar-refractivity contribution in [3.05, 3.63) is 0 Å². The van der Waals surface area contributed by atoms with Crippen molar-refractivity contribution < 1.29 is 42.6 Å². The van der Waals surface area contributed by atoms with E-state index in [2.05, 4.69) is 13.6 Å². The molecule has 2 unspecified atom stereocenters. The highest BCUT2D eigenvalue weighted by molar-refractivity contribution is 7.82. The minimum atomic E-state index is -6.50. The van der Waals surface area contributed by atoms with Crippen molar-refractivity contribution >= 4 is 39.3 Å². The molecule has 132 valence electrons. The summed E-state index contributed by atoms with van der Waals surface area (Å²) in [5.41, 5.74) is 0. The van der Waals surface area contributed by atoms with Gasteiger partial charge in [-0.2, -0.15) is 16.8 Å². The first kappa shape index (κ1) is 20.7. The molecule has 7 nitrogen and oxygen atoms in total. The molecule has 20 heteroatoms. The van der Waals surface area contributed by atoms with Crippen LogP contribution in [0.5, 0.6) is 0 Å². The van der Waals surface area contributed by atoms with Crippen LogP contribution in [-0.2, 0) is 9.05 Å². The van der Waals surface area contributed by atoms with E-state index in [-0.39, 0.29) is 4.86 Å². The van der Waals surface area contributed by atoms with E-state index in [4.69, 9.17) is 0 Å². The highest BCUT2D eigenvalue weighted by atomic mass is 31.3. The second-order valence-corrected chi connectivity index (χ2v) is 12.3. The maximum atomic E-state index is 14.0. The van der Waals surface area contributed by atoms with Crippen molar-refractivity contribution in [2.75, 3.05) is 14.2 Å². The molecular weight excluding hydrogens is 433 g/mol. The van der Waals surface area contributed by atoms with Crippen molar-refractivity contribution in [3.63, 3.8) is 0 Å². The molecule has 1 rings (SSSR count). The minimum Gasteiger partial charge on any atom is -0.306 e. The van der Waals surface area contributed by atoms with Gasteiger partial charge >= 0.3 is 39.3 Å². The molecule has 0 amide bonds. The van der Waals surface area contributed by atoms with Gasteiger partial charge in [-0.1, -0.05) is 0 Å². The Kier molecular flexibility index (Phi) is 6.14. The lowest BCUT2D eigenvalue weighted by Gasteiger charge is -2.15. The maximum absolute atomic E-state index is 14.0. The summed E-state index contributed by atoms with van der Waals surface area (Å²) in [6.07, 6.45) is 0. The van der Waals surface area contributed by atoms with Gasteiger partial charge in [0.05, 0.1) is 0 Å². The van der Waals surface area contributed by atoms with Crippen molar-refractivity contribution in [3.8, 4) is 0 Å². The summed E-state index contributed by atoms with van der Waals surface area (Å²) in [6, 6.07) is 0. The fourth-order valence-electron chi connectivity index (χ4n) is 0.927. The van der Waals surface area contributed by atoms with Gasteiger partial charge in [0.1, 0.15) is 0 Å². The number of halogens is 8. The lowest BCUT2D eigenvalue weighted by molar-refractivity contribution is 0.408. The number of hydrogen-bond acceptors (Lipinski definition) is 7. The lowest BCUT2D eigenvalue weighted by Crippen LogP contribution is -1.99. The summed E-state index contributed by atoms with van der Waals surface area (Å²) >= 11 is 0. The van der Waals surface area contributed by atoms with Gasteiger partial charge < -0.3 is 9.05 Å². The van der Waals surface area contributed by atoms with Crippen LogP contribution in [-0.4, -0.2) is 14.2 Å². The molecule has 2 atom stereocenters. The van der Waals surface area contributed by atoms with Crippen LogP contribution in [0.4, 0.5) is 33.6 Å². The van der Waals surface area contributed by atoms with Gasteiger partial charge in [-0.05, 0) is 4.86 Å². The molecule has 0 saturated heterocycles. The van der Waals surface area contributed by atoms with E-state index in [1.807, 2.05) is 9.03 Å². The fraction of sp³-hybridized carbons (Fsp3) is 1.00. The predicted octanol–water partition coefficient (Wildman–Crippen LogP) is 8.10. The van der Waals surface area contributed by atoms with Gasteiger partial charge in [-0.25, -0.2) is 0 Å². The average molecular weight is 440 g/mol. The van der Waals surface area contributed by atoms with E-state index >= 15 is 0 Å². The van der Waals surface area contributed by atoms with Gasteiger partial charge in [0.15, 0.2) is 0 Å². The summed E-state index contributed by atoms with van der Waals surface area (Å²) in [6.45, 7) is 0. The van der Waals surface area contributed by atoms with Crippen LogP contribution in [0.3, 0.4) is 0 Å². The predicted molar refractivity (Wildman–Crippen MR) is 70.3 cm³/mol. The molecule has 1 heterocycles. The van der Waals surface area contributed by atoms with Crippen LogP contribution in [0, 0.1) is 0 Å². The molecule has 0 saturated carbocycles. The van der Waals surface area contributed by atoms with Crippen molar-refractivity contribution in [1.29, 1.82) is 0 Å². The molecule has 0 aromatic rings. The van der Waals surface area contributed by atoms with Gasteiger partial charge in [-0.3, -0.25) is 0 Å². The first-order valence-electron chi connectivity index (χ1n) is 4.58. The zero-order chi connectivity index (χ0) is 17.4. The fourth-order valence-corrected chi connectivity index (χ4v) is 10.0. The summed E-state index contributed by atoms with van der Waals surface area (Å²) in [4.78, 5) is 0.200. The summed E-state index contributed by atoms with van der Waals surface area (Å²) in [5, 5.41) is 0. The van der Waals surface area contributed by atoms with Crippen molar-refractivity contribution in [2.24, 2.45) is 18.1 Å². The topological polar surface area (TPSA) is 79.9 Å². The summed E-state index contributed by atoms with van der Waals surface area (Å²) < 4.78 is 123. The molecular formula is C2H7F8N5O2P5+. The van der Waals surface area contributed by atoms with E-state index in [1.54, 1.807) is 4.52 Å². The SMILES string of the molecule is COP1(F)=NP(F)(F)=N[P+](F)(F)NP(F)(F)=NP(F)(OC)=N1. The third-order valence-electron chi connectivity index (χ3n) is 1.59. The largest absolute Gasteiger partial charge is 0.597 e. The average Bonchev–Trinajstić information content (AvgIpc) is 2.22. The Balaban J connectivity index is 3.87. The normalized spacial score (nSPS) is 37.0. The number of hydrogen-bond donors (Lipinski definition) is 1. The number of rotatable bonds is 2. The number of nitrogens with zero attached hydrogens (tertiary/aromatic N) is 4. The molecule has 0 spiro atoms. The maximum Gasteiger partial charge on any atom is 0.597 e. The van der Waals surface area contributed by atoms with Gasteiger partial charge in [0.25, 0.3) is 0 Å². The third-order valence-corrected chi connectivity index (χ3v) is 11.5. The molecule has 0 fully saturated rings. The Bertz CT molecular complexity index is 664. The molecule has 0 aliphatic carbocycles. The van der Waals surface area contributed by atoms with Crippen LogP contribution in [0.25, 0.3) is 0 Å². The Morgan fingerprint density at radius 3 is 1.73 bits per heavy atom. The molecule has 1 aliphatic heterocycles. The highest BCUT2D eigenvalue weighted by Gasteiger charge is 2.55. The van der Waals surface area contributed by atoms with E-state index < -0.39 is 39.3 Å². The van der Waals surface area contributed by atoms with E-state index in [0.717, 1.165) is 0 Å². The van der Waals surface area contributed by atoms with E-state index in [0.29, 0.717) is 14.2 Å². The van der Waals surface area contributed by atoms with Crippen LogP contribution in [0.1, 0.15) is 0 Å². The molecule has 0 radical (unpaired) electrons. The molecule has 22 heavy (non-hydrogen) atoms. The first-order valence-corrected chi connectivity index (χ1v) is 12.1. The van der Waals surface area contributed by atoms with Gasteiger partial charge in [0, 0.05) is 27.1 Å². The summed E-state index contributed by atoms with van der Waals surface area (Å²) in [5.74, 6) is 0. The van der Waals surface area contributed by atoms with Crippen molar-refractivity contribution in [2.45, 2.75) is 0 Å². The monoisotopic (exact) mass is 440 g/mol. The second kappa shape index (κ2) is 6.52. The molecule has 0 aromatic heterocycles. The van der Waals surface area contributed by atoms with Crippen molar-refractivity contribution in [1.82, 2.24) is 4.86 Å². The second-order valence-electron chi connectivity index (χ2n) is 3.19. The van der Waals surface area contributed by atoms with Crippen LogP contribution in [0.2, 0.25) is 0 Å². The lowest BCUT2D eigenvalue weighted by atomic mass is 11.8. The molecule has 1 aliphatic rings. The van der Waals surface area contributed by atoms with Crippen LogP contribution >= 0.6 is 39.3 Å². The first-order chi connectivity index (χ1) is 9.66. The minimum absolute atomic E-state index is 0.200. The Labute approximate surface area is 120 Å². The third kappa shape index (κ3) is 5.95. The molecule has 0 aromatic carbocycles. The van der Waals surface area contributed by atoms with Crippen LogP contribution in [0.15, 0.2) is 18.1 Å². The van der Waals surface area contributed by atoms with Crippen LogP contribution < -0.4 is 4.86 Å². The number of nitrogens with one attached hydrogen (secondary N) is 1.